The molecule has 0 aliphatic carbocycles. The fraction of sp³-hybridized carbons (Fsp3) is 0. The van der Waals surface area contributed by atoms with Gasteiger partial charge in [0, 0.05) is 0 Å². The molecule has 0 aliphatic heterocycles. The van der Waals surface area contributed by atoms with Crippen molar-refractivity contribution >= 4 is 28.9 Å². The summed E-state index contributed by atoms with van der Waals surface area (Å²) in [7, 11) is 0. The molecular weight excluding hydrogens is 251 g/mol. The van der Waals surface area contributed by atoms with Crippen LogP contribution in [0.2, 0.25) is 5.02 Å². The molecule has 0 fully saturated rings. The lowest BCUT2D eigenvalue weighted by atomic mass is 10.1. The van der Waals surface area contributed by atoms with E-state index in [1.807, 2.05) is 0 Å². The van der Waals surface area contributed by atoms with E-state index in [1.54, 1.807) is 17.5 Å². The second-order valence-corrected chi connectivity index (χ2v) is 4.42. The van der Waals surface area contributed by atoms with E-state index in [2.05, 4.69) is 0 Å². The van der Waals surface area contributed by atoms with Crippen molar-refractivity contribution < 1.29 is 14.3 Å². The van der Waals surface area contributed by atoms with E-state index < -0.39 is 11.8 Å². The molecule has 0 radical (unpaired) electrons. The lowest BCUT2D eigenvalue weighted by molar-refractivity contribution is 0.0692. The highest BCUT2D eigenvalue weighted by Crippen LogP contribution is 2.33. The van der Waals surface area contributed by atoms with Crippen molar-refractivity contribution in [1.82, 2.24) is 0 Å². The van der Waals surface area contributed by atoms with Crippen LogP contribution in [0.25, 0.3) is 10.4 Å². The van der Waals surface area contributed by atoms with Gasteiger partial charge in [-0.2, -0.15) is 0 Å². The maximum absolute atomic E-state index is 13.4. The van der Waals surface area contributed by atoms with Gasteiger partial charge < -0.3 is 5.11 Å². The fourth-order valence-electron chi connectivity index (χ4n) is 1.33. The van der Waals surface area contributed by atoms with Crippen LogP contribution in [0.1, 0.15) is 10.4 Å². The average Bonchev–Trinajstić information content (AvgIpc) is 2.63. The zero-order valence-corrected chi connectivity index (χ0v) is 9.48. The number of hydrogen-bond acceptors (Lipinski definition) is 2. The van der Waals surface area contributed by atoms with Gasteiger partial charge in [0.25, 0.3) is 0 Å². The van der Waals surface area contributed by atoms with Crippen molar-refractivity contribution in [2.24, 2.45) is 0 Å². The average molecular weight is 257 g/mol. The van der Waals surface area contributed by atoms with Gasteiger partial charge in [-0.15, -0.1) is 11.3 Å². The largest absolute Gasteiger partial charge is 0.478 e. The van der Waals surface area contributed by atoms with Crippen LogP contribution < -0.4 is 0 Å². The van der Waals surface area contributed by atoms with Crippen LogP contribution in [0.5, 0.6) is 0 Å². The quantitative estimate of drug-likeness (QED) is 0.885. The van der Waals surface area contributed by atoms with Crippen molar-refractivity contribution in [3.8, 4) is 10.4 Å². The van der Waals surface area contributed by atoms with Gasteiger partial charge in [-0.05, 0) is 29.1 Å². The molecule has 0 spiro atoms. The maximum Gasteiger partial charge on any atom is 0.338 e. The number of carboxylic acid groups (broad SMARTS) is 1. The molecule has 0 saturated heterocycles. The predicted octanol–water partition coefficient (Wildman–Crippen LogP) is 3.91. The summed E-state index contributed by atoms with van der Waals surface area (Å²) in [6.07, 6.45) is 0. The van der Waals surface area contributed by atoms with Crippen molar-refractivity contribution in [3.63, 3.8) is 0 Å². The standard InChI is InChI=1S/C11H6ClFO2S/c12-8-3-4-16-10(8)6-1-2-7(11(14)15)9(13)5-6/h1-5H,(H,14,15). The Hall–Kier alpha value is -1.39. The molecule has 1 aromatic carbocycles. The molecule has 82 valence electrons. The van der Waals surface area contributed by atoms with Crippen LogP contribution in [-0.4, -0.2) is 11.1 Å². The number of thiophene rings is 1. The van der Waals surface area contributed by atoms with Crippen LogP contribution in [-0.2, 0) is 0 Å². The number of rotatable bonds is 2. The first-order valence-corrected chi connectivity index (χ1v) is 5.61. The monoisotopic (exact) mass is 256 g/mol. The second-order valence-electron chi connectivity index (χ2n) is 3.10. The minimum absolute atomic E-state index is 0.337. The summed E-state index contributed by atoms with van der Waals surface area (Å²) in [6.45, 7) is 0. The summed E-state index contributed by atoms with van der Waals surface area (Å²) in [4.78, 5) is 11.4. The lowest BCUT2D eigenvalue weighted by Crippen LogP contribution is -1.99. The second kappa shape index (κ2) is 4.23. The summed E-state index contributed by atoms with van der Waals surface area (Å²) in [5.41, 5.74) is 0.249. The normalized spacial score (nSPS) is 10.4. The Bertz CT molecular complexity index is 551. The molecule has 0 saturated carbocycles. The van der Waals surface area contributed by atoms with E-state index in [-0.39, 0.29) is 5.56 Å². The molecule has 1 N–H and O–H groups in total. The first-order valence-electron chi connectivity index (χ1n) is 4.36. The molecule has 0 atom stereocenters. The van der Waals surface area contributed by atoms with E-state index >= 15 is 0 Å². The third-order valence-electron chi connectivity index (χ3n) is 2.08. The molecule has 1 aromatic heterocycles. The van der Waals surface area contributed by atoms with Gasteiger partial charge in [-0.1, -0.05) is 17.7 Å². The summed E-state index contributed by atoms with van der Waals surface area (Å²) in [6, 6.07) is 5.68. The predicted molar refractivity (Wildman–Crippen MR) is 61.7 cm³/mol. The summed E-state index contributed by atoms with van der Waals surface area (Å²) in [5, 5.41) is 11.0. The maximum atomic E-state index is 13.4. The van der Waals surface area contributed by atoms with E-state index in [4.69, 9.17) is 16.7 Å². The summed E-state index contributed by atoms with van der Waals surface area (Å²) in [5.74, 6) is -2.03. The van der Waals surface area contributed by atoms with Crippen LogP contribution >= 0.6 is 22.9 Å². The molecule has 0 aliphatic rings. The molecule has 16 heavy (non-hydrogen) atoms. The fourth-order valence-corrected chi connectivity index (χ4v) is 2.49. The van der Waals surface area contributed by atoms with Gasteiger partial charge in [-0.3, -0.25) is 0 Å². The number of benzene rings is 1. The zero-order chi connectivity index (χ0) is 11.7. The molecule has 2 nitrogen and oxygen atoms in total. The van der Waals surface area contributed by atoms with E-state index in [0.29, 0.717) is 10.6 Å². The Labute approximate surface area is 99.9 Å². The summed E-state index contributed by atoms with van der Waals surface area (Å²) < 4.78 is 13.4. The number of carboxylic acids is 1. The smallest absolute Gasteiger partial charge is 0.338 e. The molecule has 1 heterocycles. The first kappa shape index (κ1) is 11.1. The van der Waals surface area contributed by atoms with E-state index in [9.17, 15) is 9.18 Å². The van der Waals surface area contributed by atoms with Gasteiger partial charge in [0.2, 0.25) is 0 Å². The van der Waals surface area contributed by atoms with Crippen LogP contribution in [0, 0.1) is 5.82 Å². The molecular formula is C11H6ClFO2S. The molecule has 0 amide bonds. The van der Waals surface area contributed by atoms with Crippen molar-refractivity contribution in [2.75, 3.05) is 0 Å². The minimum Gasteiger partial charge on any atom is -0.478 e. The van der Waals surface area contributed by atoms with Crippen molar-refractivity contribution in [1.29, 1.82) is 0 Å². The number of hydrogen-bond donors (Lipinski definition) is 1. The number of aromatic carboxylic acids is 1. The van der Waals surface area contributed by atoms with Crippen LogP contribution in [0.4, 0.5) is 4.39 Å². The highest BCUT2D eigenvalue weighted by Gasteiger charge is 2.12. The topological polar surface area (TPSA) is 37.3 Å². The molecule has 2 aromatic rings. The minimum atomic E-state index is -1.28. The third-order valence-corrected chi connectivity index (χ3v) is 3.47. The van der Waals surface area contributed by atoms with Gasteiger partial charge >= 0.3 is 5.97 Å². The third kappa shape index (κ3) is 1.94. The number of carbonyl (C=O) groups is 1. The molecule has 5 heteroatoms. The molecule has 2 rings (SSSR count). The number of halogens is 2. The highest BCUT2D eigenvalue weighted by atomic mass is 35.5. The summed E-state index contributed by atoms with van der Waals surface area (Å²) >= 11 is 7.28. The van der Waals surface area contributed by atoms with Gasteiger partial charge in [0.15, 0.2) is 0 Å². The van der Waals surface area contributed by atoms with Crippen LogP contribution in [0.3, 0.4) is 0 Å². The van der Waals surface area contributed by atoms with Gasteiger partial charge in [0.05, 0.1) is 15.5 Å². The Morgan fingerprint density at radius 3 is 2.62 bits per heavy atom. The Morgan fingerprint density at radius 2 is 2.12 bits per heavy atom. The SMILES string of the molecule is O=C(O)c1ccc(-c2sccc2Cl)cc1F. The van der Waals surface area contributed by atoms with Gasteiger partial charge in [-0.25, -0.2) is 9.18 Å². The van der Waals surface area contributed by atoms with Gasteiger partial charge in [0.1, 0.15) is 5.82 Å². The van der Waals surface area contributed by atoms with Crippen molar-refractivity contribution in [2.45, 2.75) is 0 Å². The Morgan fingerprint density at radius 1 is 1.38 bits per heavy atom. The molecule has 0 unspecified atom stereocenters. The zero-order valence-electron chi connectivity index (χ0n) is 7.91. The van der Waals surface area contributed by atoms with Crippen LogP contribution in [0.15, 0.2) is 29.6 Å². The Kier molecular flexibility index (Phi) is 2.94. The lowest BCUT2D eigenvalue weighted by Gasteiger charge is -2.01. The molecule has 0 bridgehead atoms. The van der Waals surface area contributed by atoms with E-state index in [1.165, 1.54) is 23.5 Å². The van der Waals surface area contributed by atoms with Crippen molar-refractivity contribution in [3.05, 3.63) is 46.0 Å². The van der Waals surface area contributed by atoms with E-state index in [0.717, 1.165) is 4.88 Å². The highest BCUT2D eigenvalue weighted by molar-refractivity contribution is 7.14. The Balaban J connectivity index is 2.50. The first-order chi connectivity index (χ1) is 7.59.